The standard InChI is InChI=1S/C6H6.C5H16N4/c1-2-4-6-5-3-1;6-4-8-2-1-3-9-5-7/h1-6H;8-9H,1-7H2. The summed E-state index contributed by atoms with van der Waals surface area (Å²) in [5.74, 6) is 0. The Kier molecular flexibility index (Phi) is 12.2. The third-order valence-electron chi connectivity index (χ3n) is 1.66. The SMILES string of the molecule is NCNCCCNCN.c1ccccc1. The van der Waals surface area contributed by atoms with Crippen LogP contribution in [0.4, 0.5) is 0 Å². The van der Waals surface area contributed by atoms with E-state index in [1.54, 1.807) is 0 Å². The second-order valence-electron chi connectivity index (χ2n) is 2.92. The molecule has 0 aliphatic rings. The summed E-state index contributed by atoms with van der Waals surface area (Å²) in [6, 6.07) is 12.0. The van der Waals surface area contributed by atoms with Crippen LogP contribution >= 0.6 is 0 Å². The molecule has 4 heteroatoms. The highest BCUT2D eigenvalue weighted by molar-refractivity contribution is 4.99. The maximum Gasteiger partial charge on any atom is 0.0428 e. The Balaban J connectivity index is 0.000000280. The molecule has 0 saturated carbocycles. The van der Waals surface area contributed by atoms with Gasteiger partial charge in [0.2, 0.25) is 0 Å². The van der Waals surface area contributed by atoms with Gasteiger partial charge in [0, 0.05) is 13.3 Å². The topological polar surface area (TPSA) is 76.1 Å². The molecule has 0 aromatic heterocycles. The highest BCUT2D eigenvalue weighted by atomic mass is 15.0. The Labute approximate surface area is 92.0 Å². The van der Waals surface area contributed by atoms with Gasteiger partial charge >= 0.3 is 0 Å². The van der Waals surface area contributed by atoms with E-state index >= 15 is 0 Å². The predicted molar refractivity (Wildman–Crippen MR) is 65.2 cm³/mol. The van der Waals surface area contributed by atoms with Crippen LogP contribution in [0.2, 0.25) is 0 Å². The largest absolute Gasteiger partial charge is 0.318 e. The monoisotopic (exact) mass is 210 g/mol. The molecule has 0 spiro atoms. The molecule has 86 valence electrons. The molecule has 0 bridgehead atoms. The molecule has 15 heavy (non-hydrogen) atoms. The number of nitrogens with one attached hydrogen (secondary N) is 2. The Bertz CT molecular complexity index is 158. The molecule has 1 rings (SSSR count). The summed E-state index contributed by atoms with van der Waals surface area (Å²) in [5, 5.41) is 6.01. The van der Waals surface area contributed by atoms with Crippen molar-refractivity contribution >= 4 is 0 Å². The van der Waals surface area contributed by atoms with Gasteiger partial charge in [-0.1, -0.05) is 36.4 Å². The maximum atomic E-state index is 5.19. The van der Waals surface area contributed by atoms with E-state index in [0.717, 1.165) is 19.5 Å². The van der Waals surface area contributed by atoms with Crippen molar-refractivity contribution in [3.05, 3.63) is 36.4 Å². The van der Waals surface area contributed by atoms with Crippen molar-refractivity contribution in [2.75, 3.05) is 26.4 Å². The van der Waals surface area contributed by atoms with Crippen LogP contribution in [0.3, 0.4) is 0 Å². The first kappa shape index (κ1) is 14.1. The van der Waals surface area contributed by atoms with Crippen molar-refractivity contribution < 1.29 is 0 Å². The molecule has 1 aromatic rings. The number of benzene rings is 1. The second-order valence-corrected chi connectivity index (χ2v) is 2.92. The molecular weight excluding hydrogens is 188 g/mol. The van der Waals surface area contributed by atoms with Crippen molar-refractivity contribution in [3.8, 4) is 0 Å². The highest BCUT2D eigenvalue weighted by Gasteiger charge is 1.82. The fourth-order valence-corrected chi connectivity index (χ4v) is 0.927. The molecule has 0 aliphatic carbocycles. The van der Waals surface area contributed by atoms with Gasteiger partial charge in [0.25, 0.3) is 0 Å². The van der Waals surface area contributed by atoms with Crippen molar-refractivity contribution in [2.24, 2.45) is 11.5 Å². The first-order chi connectivity index (χ1) is 7.41. The van der Waals surface area contributed by atoms with E-state index in [4.69, 9.17) is 11.5 Å². The summed E-state index contributed by atoms with van der Waals surface area (Å²) in [4.78, 5) is 0. The quantitative estimate of drug-likeness (QED) is 0.396. The first-order valence-corrected chi connectivity index (χ1v) is 5.23. The highest BCUT2D eigenvalue weighted by Crippen LogP contribution is 1.79. The van der Waals surface area contributed by atoms with E-state index in [2.05, 4.69) is 10.6 Å². The van der Waals surface area contributed by atoms with Crippen molar-refractivity contribution in [3.63, 3.8) is 0 Å². The second kappa shape index (κ2) is 13.1. The number of nitrogens with two attached hydrogens (primary N) is 2. The molecule has 0 fully saturated rings. The van der Waals surface area contributed by atoms with Gasteiger partial charge in [-0.3, -0.25) is 0 Å². The number of hydrogen-bond donors (Lipinski definition) is 4. The van der Waals surface area contributed by atoms with Gasteiger partial charge in [-0.2, -0.15) is 0 Å². The van der Waals surface area contributed by atoms with Crippen LogP contribution in [-0.4, -0.2) is 26.4 Å². The van der Waals surface area contributed by atoms with Gasteiger partial charge in [-0.15, -0.1) is 0 Å². The lowest BCUT2D eigenvalue weighted by atomic mass is 10.4. The summed E-state index contributed by atoms with van der Waals surface area (Å²) >= 11 is 0. The van der Waals surface area contributed by atoms with Crippen LogP contribution in [-0.2, 0) is 0 Å². The zero-order chi connectivity index (χ0) is 11.2. The lowest BCUT2D eigenvalue weighted by Gasteiger charge is -2.00. The smallest absolute Gasteiger partial charge is 0.0428 e. The Morgan fingerprint density at radius 2 is 1.00 bits per heavy atom. The maximum absolute atomic E-state index is 5.19. The van der Waals surface area contributed by atoms with E-state index < -0.39 is 0 Å². The number of rotatable bonds is 6. The van der Waals surface area contributed by atoms with Gasteiger partial charge in [0.15, 0.2) is 0 Å². The van der Waals surface area contributed by atoms with Crippen LogP contribution in [0.25, 0.3) is 0 Å². The van der Waals surface area contributed by atoms with Crippen LogP contribution in [0.1, 0.15) is 6.42 Å². The average Bonchev–Trinajstić information content (AvgIpc) is 2.32. The molecule has 0 amide bonds. The van der Waals surface area contributed by atoms with Crippen LogP contribution < -0.4 is 22.1 Å². The van der Waals surface area contributed by atoms with Crippen molar-refractivity contribution in [1.82, 2.24) is 10.6 Å². The molecule has 6 N–H and O–H groups in total. The number of hydrogen-bond acceptors (Lipinski definition) is 4. The van der Waals surface area contributed by atoms with E-state index in [0.29, 0.717) is 13.3 Å². The Morgan fingerprint density at radius 1 is 0.667 bits per heavy atom. The summed E-state index contributed by atoms with van der Waals surface area (Å²) in [6.07, 6.45) is 1.08. The minimum absolute atomic E-state index is 0.558. The zero-order valence-corrected chi connectivity index (χ0v) is 9.15. The van der Waals surface area contributed by atoms with E-state index in [1.165, 1.54) is 0 Å². The van der Waals surface area contributed by atoms with Crippen LogP contribution in [0.15, 0.2) is 36.4 Å². The molecule has 0 saturated heterocycles. The van der Waals surface area contributed by atoms with Crippen molar-refractivity contribution in [2.45, 2.75) is 6.42 Å². The van der Waals surface area contributed by atoms with E-state index in [-0.39, 0.29) is 0 Å². The van der Waals surface area contributed by atoms with Gasteiger partial charge in [-0.25, -0.2) is 0 Å². The summed E-state index contributed by atoms with van der Waals surface area (Å²) in [5.41, 5.74) is 10.4. The molecule has 0 heterocycles. The first-order valence-electron chi connectivity index (χ1n) is 5.23. The normalized spacial score (nSPS) is 9.20. The van der Waals surface area contributed by atoms with Crippen LogP contribution in [0, 0.1) is 0 Å². The third kappa shape index (κ3) is 13.1. The molecule has 0 unspecified atom stereocenters. The molecule has 0 atom stereocenters. The fraction of sp³-hybridized carbons (Fsp3) is 0.455. The minimum Gasteiger partial charge on any atom is -0.318 e. The predicted octanol–water partition coefficient (Wildman–Crippen LogP) is 0.0747. The van der Waals surface area contributed by atoms with Crippen molar-refractivity contribution in [1.29, 1.82) is 0 Å². The molecule has 0 aliphatic heterocycles. The lowest BCUT2D eigenvalue weighted by Crippen LogP contribution is -2.28. The average molecular weight is 210 g/mol. The summed E-state index contributed by atoms with van der Waals surface area (Å²) in [6.45, 7) is 3.04. The van der Waals surface area contributed by atoms with Crippen LogP contribution in [0.5, 0.6) is 0 Å². The van der Waals surface area contributed by atoms with Gasteiger partial charge in [-0.05, 0) is 19.5 Å². The summed E-state index contributed by atoms with van der Waals surface area (Å²) < 4.78 is 0. The summed E-state index contributed by atoms with van der Waals surface area (Å²) in [7, 11) is 0. The molecule has 1 aromatic carbocycles. The van der Waals surface area contributed by atoms with Gasteiger partial charge in [0.05, 0.1) is 0 Å². The molecule has 0 radical (unpaired) electrons. The molecule has 4 nitrogen and oxygen atoms in total. The van der Waals surface area contributed by atoms with E-state index in [1.807, 2.05) is 36.4 Å². The third-order valence-corrected chi connectivity index (χ3v) is 1.66. The Morgan fingerprint density at radius 3 is 1.27 bits per heavy atom. The lowest BCUT2D eigenvalue weighted by molar-refractivity contribution is 0.608. The minimum atomic E-state index is 0.558. The Hall–Kier alpha value is -0.940. The van der Waals surface area contributed by atoms with E-state index in [9.17, 15) is 0 Å². The van der Waals surface area contributed by atoms with Gasteiger partial charge in [0.1, 0.15) is 0 Å². The fourth-order valence-electron chi connectivity index (χ4n) is 0.927. The molecular formula is C11H22N4. The zero-order valence-electron chi connectivity index (χ0n) is 9.15. The van der Waals surface area contributed by atoms with Gasteiger partial charge < -0.3 is 22.1 Å².